The Morgan fingerprint density at radius 1 is 1.22 bits per heavy atom. The van der Waals surface area contributed by atoms with E-state index in [0.29, 0.717) is 5.92 Å². The first-order chi connectivity index (χ1) is 4.33. The van der Waals surface area contributed by atoms with Crippen LogP contribution >= 0.6 is 0 Å². The summed E-state index contributed by atoms with van der Waals surface area (Å²) in [4.78, 5) is 0. The molecule has 51 valence electrons. The maximum absolute atomic E-state index is 7.40. The molecule has 1 nitrogen and oxygen atoms in total. The molecule has 1 aliphatic carbocycles. The summed E-state index contributed by atoms with van der Waals surface area (Å²) in [6, 6.07) is 0.223. The maximum Gasteiger partial charge on any atom is 0.0213 e. The summed E-state index contributed by atoms with van der Waals surface area (Å²) >= 11 is 0. The minimum atomic E-state index is 0.223. The molecule has 1 aliphatic rings. The first-order valence-electron chi connectivity index (χ1n) is 3.66. The van der Waals surface area contributed by atoms with Gasteiger partial charge in [0.2, 0.25) is 0 Å². The Labute approximate surface area is 56.9 Å². The van der Waals surface area contributed by atoms with Crippen LogP contribution in [0.25, 0.3) is 0 Å². The van der Waals surface area contributed by atoms with Crippen LogP contribution in [0.2, 0.25) is 0 Å². The molecule has 1 radical (unpaired) electrons. The summed E-state index contributed by atoms with van der Waals surface area (Å²) < 4.78 is 0. The van der Waals surface area contributed by atoms with E-state index < -0.39 is 0 Å². The molecule has 0 aromatic heterocycles. The fourth-order valence-electron chi connectivity index (χ4n) is 1.35. The number of hydrogen-bond donors (Lipinski definition) is 0. The van der Waals surface area contributed by atoms with E-state index in [0.717, 1.165) is 12.8 Å². The highest BCUT2D eigenvalue weighted by Gasteiger charge is 2.15. The predicted molar refractivity (Wildman–Crippen MR) is 39.0 cm³/mol. The molecule has 0 aromatic carbocycles. The lowest BCUT2D eigenvalue weighted by atomic mass is 9.87. The average Bonchev–Trinajstić information content (AvgIpc) is 1.90. The molecule has 0 amide bonds. The summed E-state index contributed by atoms with van der Waals surface area (Å²) in [7, 11) is 0. The van der Waals surface area contributed by atoms with E-state index in [1.165, 1.54) is 12.8 Å². The third kappa shape index (κ3) is 1.83. The normalized spacial score (nSPS) is 36.1. The highest BCUT2D eigenvalue weighted by atomic mass is 14.6. The Kier molecular flexibility index (Phi) is 2.29. The van der Waals surface area contributed by atoms with Crippen molar-refractivity contribution in [3.63, 3.8) is 0 Å². The zero-order valence-electron chi connectivity index (χ0n) is 5.77. The highest BCUT2D eigenvalue weighted by Crippen LogP contribution is 2.23. The first-order valence-corrected chi connectivity index (χ1v) is 3.66. The van der Waals surface area contributed by atoms with Gasteiger partial charge in [0.15, 0.2) is 0 Å². The van der Waals surface area contributed by atoms with Crippen LogP contribution in [0.3, 0.4) is 0 Å². The second-order valence-corrected chi connectivity index (χ2v) is 2.85. The zero-order valence-corrected chi connectivity index (χ0v) is 5.77. The molecule has 0 unspecified atom stereocenters. The average molecular weight is 124 g/mol. The number of nitrogens with one attached hydrogen (secondary N) is 1. The summed E-state index contributed by atoms with van der Waals surface area (Å²) in [5.41, 5.74) is 7.40. The van der Waals surface area contributed by atoms with Crippen molar-refractivity contribution in [2.75, 3.05) is 0 Å². The van der Waals surface area contributed by atoms with Crippen LogP contribution in [0.5, 0.6) is 0 Å². The molecule has 1 heteroatoms. The molecule has 9 heavy (non-hydrogen) atoms. The van der Waals surface area contributed by atoms with Crippen LogP contribution < -0.4 is 5.73 Å². The topological polar surface area (TPSA) is 23.8 Å². The van der Waals surface area contributed by atoms with Crippen LogP contribution in [0.1, 0.15) is 25.7 Å². The van der Waals surface area contributed by atoms with Gasteiger partial charge < -0.3 is 0 Å². The van der Waals surface area contributed by atoms with Crippen LogP contribution in [-0.2, 0) is 0 Å². The molecule has 1 fully saturated rings. The molecule has 0 aromatic rings. The minimum Gasteiger partial charge on any atom is -0.255 e. The van der Waals surface area contributed by atoms with E-state index in [4.69, 9.17) is 5.73 Å². The summed E-state index contributed by atoms with van der Waals surface area (Å²) in [5, 5.41) is 0. The van der Waals surface area contributed by atoms with E-state index in [1.54, 1.807) is 0 Å². The van der Waals surface area contributed by atoms with Crippen molar-refractivity contribution in [1.82, 2.24) is 5.73 Å². The minimum absolute atomic E-state index is 0.223. The van der Waals surface area contributed by atoms with Crippen LogP contribution in [0.15, 0.2) is 12.7 Å². The molecule has 1 rings (SSSR count). The fourth-order valence-corrected chi connectivity index (χ4v) is 1.35. The summed E-state index contributed by atoms with van der Waals surface area (Å²) in [6.45, 7) is 3.75. The number of rotatable bonds is 1. The lowest BCUT2D eigenvalue weighted by molar-refractivity contribution is 0.369. The van der Waals surface area contributed by atoms with Gasteiger partial charge in [0, 0.05) is 6.04 Å². The van der Waals surface area contributed by atoms with Gasteiger partial charge in [0.1, 0.15) is 0 Å². The van der Waals surface area contributed by atoms with Gasteiger partial charge in [-0.2, -0.15) is 0 Å². The van der Waals surface area contributed by atoms with Crippen LogP contribution in [0.4, 0.5) is 0 Å². The molecule has 0 bridgehead atoms. The molecular formula is C8H14N. The van der Waals surface area contributed by atoms with Gasteiger partial charge in [0.25, 0.3) is 0 Å². The van der Waals surface area contributed by atoms with Gasteiger partial charge in [-0.15, -0.1) is 6.58 Å². The molecule has 0 atom stereocenters. The van der Waals surface area contributed by atoms with E-state index in [2.05, 4.69) is 6.58 Å². The van der Waals surface area contributed by atoms with Crippen molar-refractivity contribution >= 4 is 0 Å². The third-order valence-electron chi connectivity index (χ3n) is 2.11. The van der Waals surface area contributed by atoms with E-state index in [1.807, 2.05) is 6.08 Å². The van der Waals surface area contributed by atoms with Crippen molar-refractivity contribution in [3.8, 4) is 0 Å². The number of hydrogen-bond acceptors (Lipinski definition) is 0. The standard InChI is InChI=1S/C8H14N/c1-2-7-3-5-8(9)6-4-7/h2,7-9H,1,3-6H2/t7-,8+. The summed E-state index contributed by atoms with van der Waals surface area (Å²) in [5.74, 6) is 0.714. The smallest absolute Gasteiger partial charge is 0.0213 e. The van der Waals surface area contributed by atoms with Crippen molar-refractivity contribution in [2.45, 2.75) is 31.7 Å². The second-order valence-electron chi connectivity index (χ2n) is 2.85. The lowest BCUT2D eigenvalue weighted by Crippen LogP contribution is -2.17. The molecule has 0 spiro atoms. The fraction of sp³-hybridized carbons (Fsp3) is 0.750. The van der Waals surface area contributed by atoms with Gasteiger partial charge in [-0.1, -0.05) is 6.08 Å². The van der Waals surface area contributed by atoms with Crippen molar-refractivity contribution in [2.24, 2.45) is 5.92 Å². The van der Waals surface area contributed by atoms with E-state index in [9.17, 15) is 0 Å². The number of allylic oxidation sites excluding steroid dienone is 1. The molecule has 0 saturated heterocycles. The van der Waals surface area contributed by atoms with E-state index >= 15 is 0 Å². The van der Waals surface area contributed by atoms with Gasteiger partial charge in [-0.25, -0.2) is 0 Å². The Morgan fingerprint density at radius 2 is 1.78 bits per heavy atom. The van der Waals surface area contributed by atoms with Crippen molar-refractivity contribution < 1.29 is 0 Å². The predicted octanol–water partition coefficient (Wildman–Crippen LogP) is 2.01. The molecular weight excluding hydrogens is 110 g/mol. The molecule has 0 heterocycles. The van der Waals surface area contributed by atoms with Gasteiger partial charge in [-0.05, 0) is 31.6 Å². The van der Waals surface area contributed by atoms with Crippen molar-refractivity contribution in [1.29, 1.82) is 0 Å². The Bertz CT molecular complexity index is 90.7. The van der Waals surface area contributed by atoms with Gasteiger partial charge in [0.05, 0.1) is 0 Å². The first kappa shape index (κ1) is 6.81. The Morgan fingerprint density at radius 3 is 2.22 bits per heavy atom. The quantitative estimate of drug-likeness (QED) is 0.477. The van der Waals surface area contributed by atoms with Gasteiger partial charge >= 0.3 is 0 Å². The Hall–Kier alpha value is -0.300. The van der Waals surface area contributed by atoms with Crippen LogP contribution in [0, 0.1) is 5.92 Å². The monoisotopic (exact) mass is 124 g/mol. The largest absolute Gasteiger partial charge is 0.255 e. The second kappa shape index (κ2) is 3.02. The van der Waals surface area contributed by atoms with Crippen molar-refractivity contribution in [3.05, 3.63) is 12.7 Å². The molecule has 1 N–H and O–H groups in total. The summed E-state index contributed by atoms with van der Waals surface area (Å²) in [6.07, 6.45) is 6.58. The molecule has 1 saturated carbocycles. The molecule has 0 aliphatic heterocycles. The maximum atomic E-state index is 7.40. The lowest BCUT2D eigenvalue weighted by Gasteiger charge is -2.22. The highest BCUT2D eigenvalue weighted by molar-refractivity contribution is 4.84. The van der Waals surface area contributed by atoms with Crippen LogP contribution in [-0.4, -0.2) is 6.04 Å². The van der Waals surface area contributed by atoms with Gasteiger partial charge in [-0.3, -0.25) is 5.73 Å². The zero-order chi connectivity index (χ0) is 6.69. The SMILES string of the molecule is C=C[C@H]1CC[C@@H]([NH])CC1. The third-order valence-corrected chi connectivity index (χ3v) is 2.11. The van der Waals surface area contributed by atoms with E-state index in [-0.39, 0.29) is 6.04 Å². The Balaban J connectivity index is 2.26.